The van der Waals surface area contributed by atoms with E-state index in [-0.39, 0.29) is 0 Å². The highest BCUT2D eigenvalue weighted by Gasteiger charge is 2.33. The van der Waals surface area contributed by atoms with Crippen LogP contribution in [0.1, 0.15) is 19.4 Å². The van der Waals surface area contributed by atoms with Crippen molar-refractivity contribution < 1.29 is 9.47 Å². The lowest BCUT2D eigenvalue weighted by atomic mass is 10.0. The molecule has 5 heteroatoms. The van der Waals surface area contributed by atoms with Crippen molar-refractivity contribution in [1.82, 2.24) is 9.88 Å². The monoisotopic (exact) mass is 403 g/mol. The number of benzene rings is 2. The molecule has 3 aromatic rings. The Hall–Kier alpha value is -2.47. The third-order valence-electron chi connectivity index (χ3n) is 6.38. The topological polar surface area (TPSA) is 37.8 Å². The fourth-order valence-corrected chi connectivity index (χ4v) is 4.47. The van der Waals surface area contributed by atoms with Crippen molar-refractivity contribution in [2.45, 2.75) is 19.6 Å². The number of hydrogen-bond acceptors (Lipinski definition) is 5. The summed E-state index contributed by atoms with van der Waals surface area (Å²) in [6, 6.07) is 19.2. The van der Waals surface area contributed by atoms with Crippen LogP contribution in [-0.4, -0.2) is 55.8 Å². The van der Waals surface area contributed by atoms with Crippen LogP contribution < -0.4 is 4.90 Å². The van der Waals surface area contributed by atoms with Gasteiger partial charge in [-0.1, -0.05) is 55.5 Å². The number of pyridine rings is 1. The van der Waals surface area contributed by atoms with Crippen LogP contribution in [-0.2, 0) is 15.3 Å². The van der Waals surface area contributed by atoms with Gasteiger partial charge in [0.1, 0.15) is 5.82 Å². The number of hydrogen-bond donors (Lipinski definition) is 0. The van der Waals surface area contributed by atoms with Gasteiger partial charge in [0, 0.05) is 42.7 Å². The first-order valence-electron chi connectivity index (χ1n) is 10.9. The molecular weight excluding hydrogens is 374 g/mol. The van der Waals surface area contributed by atoms with Gasteiger partial charge in [-0.3, -0.25) is 0 Å². The van der Waals surface area contributed by atoms with E-state index in [1.807, 2.05) is 6.92 Å². The fourth-order valence-electron chi connectivity index (χ4n) is 4.47. The molecule has 5 rings (SSSR count). The van der Waals surface area contributed by atoms with E-state index in [2.05, 4.69) is 71.3 Å². The minimum absolute atomic E-state index is 0.638. The number of ether oxygens (including phenoxy) is 2. The average Bonchev–Trinajstić information content (AvgIpc) is 3.26. The molecule has 0 aliphatic carbocycles. The van der Waals surface area contributed by atoms with E-state index in [9.17, 15) is 0 Å². The Morgan fingerprint density at radius 3 is 2.33 bits per heavy atom. The smallest absolute Gasteiger partial charge is 0.192 e. The molecule has 2 aromatic carbocycles. The van der Waals surface area contributed by atoms with Gasteiger partial charge in [0.2, 0.25) is 0 Å². The highest BCUT2D eigenvalue weighted by Crippen LogP contribution is 2.34. The molecule has 0 atom stereocenters. The number of piperazine rings is 1. The maximum absolute atomic E-state index is 5.80. The summed E-state index contributed by atoms with van der Waals surface area (Å²) in [5.74, 6) is 0.455. The summed E-state index contributed by atoms with van der Waals surface area (Å²) in [7, 11) is 0. The van der Waals surface area contributed by atoms with Gasteiger partial charge in [-0.2, -0.15) is 0 Å². The Morgan fingerprint density at radius 1 is 0.933 bits per heavy atom. The summed E-state index contributed by atoms with van der Waals surface area (Å²) in [6.45, 7) is 10.8. The quantitative estimate of drug-likeness (QED) is 0.651. The SMILES string of the molecule is CCN1CCN(c2nc(-c3ccc(C4(C)OCCO4)cc3)cc3ccccc23)CC1. The van der Waals surface area contributed by atoms with Gasteiger partial charge in [0.25, 0.3) is 0 Å². The van der Waals surface area contributed by atoms with Crippen LogP contribution >= 0.6 is 0 Å². The van der Waals surface area contributed by atoms with Crippen LogP contribution in [0.3, 0.4) is 0 Å². The number of likely N-dealkylation sites (N-methyl/N-ethyl adjacent to an activating group) is 1. The molecule has 0 N–H and O–H groups in total. The van der Waals surface area contributed by atoms with Crippen LogP contribution in [0, 0.1) is 0 Å². The molecular formula is C25H29N3O2. The zero-order valence-electron chi connectivity index (χ0n) is 17.8. The molecule has 156 valence electrons. The second kappa shape index (κ2) is 7.99. The van der Waals surface area contributed by atoms with E-state index in [1.165, 1.54) is 10.8 Å². The van der Waals surface area contributed by atoms with E-state index in [1.54, 1.807) is 0 Å². The van der Waals surface area contributed by atoms with Crippen LogP contribution in [0.2, 0.25) is 0 Å². The standard InChI is InChI=1S/C25H29N3O2/c1-3-27-12-14-28(15-13-27)24-22-7-5-4-6-20(22)18-23(26-24)19-8-10-21(11-9-19)25(2)29-16-17-30-25/h4-11,18H,3,12-17H2,1-2H3. The van der Waals surface area contributed by atoms with E-state index in [0.717, 1.165) is 55.4 Å². The Balaban J connectivity index is 1.50. The van der Waals surface area contributed by atoms with Crippen LogP contribution in [0.15, 0.2) is 54.6 Å². The molecule has 0 amide bonds. The first-order chi connectivity index (χ1) is 14.7. The van der Waals surface area contributed by atoms with Crippen molar-refractivity contribution in [1.29, 1.82) is 0 Å². The van der Waals surface area contributed by atoms with Gasteiger partial charge < -0.3 is 19.3 Å². The van der Waals surface area contributed by atoms with Crippen molar-refractivity contribution in [2.24, 2.45) is 0 Å². The third-order valence-corrected chi connectivity index (χ3v) is 6.38. The molecule has 2 aliphatic rings. The molecule has 2 fully saturated rings. The maximum atomic E-state index is 5.80. The van der Waals surface area contributed by atoms with Crippen LogP contribution in [0.4, 0.5) is 5.82 Å². The van der Waals surface area contributed by atoms with Crippen molar-refractivity contribution in [3.05, 3.63) is 60.2 Å². The number of anilines is 1. The Kier molecular flexibility index (Phi) is 5.19. The van der Waals surface area contributed by atoms with E-state index in [0.29, 0.717) is 13.2 Å². The van der Waals surface area contributed by atoms with Gasteiger partial charge in [-0.15, -0.1) is 0 Å². The van der Waals surface area contributed by atoms with Crippen LogP contribution in [0.25, 0.3) is 22.0 Å². The van der Waals surface area contributed by atoms with E-state index < -0.39 is 5.79 Å². The molecule has 0 bridgehead atoms. The van der Waals surface area contributed by atoms with Crippen molar-refractivity contribution in [2.75, 3.05) is 50.8 Å². The predicted molar refractivity (Wildman–Crippen MR) is 121 cm³/mol. The second-order valence-electron chi connectivity index (χ2n) is 8.19. The van der Waals surface area contributed by atoms with Gasteiger partial charge in [-0.25, -0.2) is 4.98 Å². The van der Waals surface area contributed by atoms with Gasteiger partial charge in [0.05, 0.1) is 18.9 Å². The summed E-state index contributed by atoms with van der Waals surface area (Å²) in [6.07, 6.45) is 0. The molecule has 0 spiro atoms. The number of nitrogens with zero attached hydrogens (tertiary/aromatic N) is 3. The first kappa shape index (κ1) is 19.5. The molecule has 5 nitrogen and oxygen atoms in total. The summed E-state index contributed by atoms with van der Waals surface area (Å²) < 4.78 is 11.6. The number of rotatable bonds is 4. The lowest BCUT2D eigenvalue weighted by Gasteiger charge is -2.35. The zero-order valence-corrected chi connectivity index (χ0v) is 17.8. The molecule has 2 saturated heterocycles. The summed E-state index contributed by atoms with van der Waals surface area (Å²) in [5.41, 5.74) is 3.16. The van der Waals surface area contributed by atoms with Gasteiger partial charge >= 0.3 is 0 Å². The lowest BCUT2D eigenvalue weighted by Crippen LogP contribution is -2.46. The fraction of sp³-hybridized carbons (Fsp3) is 0.400. The Labute approximate surface area is 178 Å². The molecule has 0 radical (unpaired) electrons. The average molecular weight is 404 g/mol. The lowest BCUT2D eigenvalue weighted by molar-refractivity contribution is -0.149. The largest absolute Gasteiger partial charge is 0.354 e. The third kappa shape index (κ3) is 3.58. The van der Waals surface area contributed by atoms with Crippen molar-refractivity contribution in [3.63, 3.8) is 0 Å². The Bertz CT molecular complexity index is 1020. The van der Waals surface area contributed by atoms with Crippen molar-refractivity contribution in [3.8, 4) is 11.3 Å². The summed E-state index contributed by atoms with van der Waals surface area (Å²) in [5, 5.41) is 2.46. The molecule has 0 unspecified atom stereocenters. The maximum Gasteiger partial charge on any atom is 0.192 e. The molecule has 0 saturated carbocycles. The highest BCUT2D eigenvalue weighted by molar-refractivity contribution is 5.95. The van der Waals surface area contributed by atoms with Gasteiger partial charge in [0.15, 0.2) is 5.79 Å². The second-order valence-corrected chi connectivity index (χ2v) is 8.19. The number of fused-ring (bicyclic) bond motifs is 1. The molecule has 2 aliphatic heterocycles. The summed E-state index contributed by atoms with van der Waals surface area (Å²) in [4.78, 5) is 10.1. The van der Waals surface area contributed by atoms with Gasteiger partial charge in [-0.05, 0) is 24.9 Å². The van der Waals surface area contributed by atoms with Crippen LogP contribution in [0.5, 0.6) is 0 Å². The molecule has 30 heavy (non-hydrogen) atoms. The predicted octanol–water partition coefficient (Wildman–Crippen LogP) is 4.26. The highest BCUT2D eigenvalue weighted by atomic mass is 16.7. The van der Waals surface area contributed by atoms with E-state index in [4.69, 9.17) is 14.5 Å². The zero-order chi connectivity index (χ0) is 20.6. The Morgan fingerprint density at radius 2 is 1.63 bits per heavy atom. The normalized spacial score (nSPS) is 19.5. The minimum Gasteiger partial charge on any atom is -0.354 e. The van der Waals surface area contributed by atoms with Crippen molar-refractivity contribution >= 4 is 16.6 Å². The summed E-state index contributed by atoms with van der Waals surface area (Å²) >= 11 is 0. The molecule has 3 heterocycles. The minimum atomic E-state index is -0.639. The first-order valence-corrected chi connectivity index (χ1v) is 10.9. The number of aromatic nitrogens is 1. The molecule has 1 aromatic heterocycles. The van der Waals surface area contributed by atoms with E-state index >= 15 is 0 Å².